The number of benzene rings is 2. The van der Waals surface area contributed by atoms with Crippen molar-refractivity contribution in [2.45, 2.75) is 45.4 Å². The van der Waals surface area contributed by atoms with E-state index in [4.69, 9.17) is 14.2 Å². The second-order valence-electron chi connectivity index (χ2n) is 8.23. The normalized spacial score (nSPS) is 11.9. The molecule has 1 atom stereocenters. The molecule has 0 aliphatic rings. The number of hydrogen-bond donors (Lipinski definition) is 1. The average molecular weight is 443 g/mol. The molecule has 0 aliphatic carbocycles. The molecule has 8 heteroatoms. The summed E-state index contributed by atoms with van der Waals surface area (Å²) in [7, 11) is 1.39. The zero-order valence-electron chi connectivity index (χ0n) is 18.7. The third kappa shape index (κ3) is 8.29. The van der Waals surface area contributed by atoms with Crippen LogP contribution >= 0.6 is 0 Å². The van der Waals surface area contributed by atoms with E-state index in [0.717, 1.165) is 10.5 Å². The maximum absolute atomic E-state index is 12.2. The van der Waals surface area contributed by atoms with Crippen LogP contribution in [-0.4, -0.2) is 53.3 Å². The van der Waals surface area contributed by atoms with Crippen LogP contribution in [0.2, 0.25) is 0 Å². The summed E-state index contributed by atoms with van der Waals surface area (Å²) in [5.74, 6) is -1.19. The summed E-state index contributed by atoms with van der Waals surface area (Å²) in [6, 6.07) is 14.9. The van der Waals surface area contributed by atoms with Crippen LogP contribution in [0.25, 0.3) is 0 Å². The van der Waals surface area contributed by atoms with Gasteiger partial charge in [0.15, 0.2) is 6.61 Å². The third-order valence-corrected chi connectivity index (χ3v) is 4.39. The Hall–Kier alpha value is -3.55. The summed E-state index contributed by atoms with van der Waals surface area (Å²) in [6.45, 7) is 5.06. The lowest BCUT2D eigenvalue weighted by atomic mass is 10.1. The maximum atomic E-state index is 12.2. The molecule has 2 aromatic rings. The molecule has 0 fully saturated rings. The highest BCUT2D eigenvalue weighted by atomic mass is 16.6. The Morgan fingerprint density at radius 1 is 0.969 bits per heavy atom. The predicted octanol–water partition coefficient (Wildman–Crippen LogP) is 3.67. The molecule has 32 heavy (non-hydrogen) atoms. The molecule has 2 aromatic carbocycles. The van der Waals surface area contributed by atoms with Crippen LogP contribution in [0.1, 0.15) is 31.9 Å². The van der Waals surface area contributed by atoms with Crippen molar-refractivity contribution in [3.63, 3.8) is 0 Å². The van der Waals surface area contributed by atoms with Crippen LogP contribution in [0.5, 0.6) is 5.75 Å². The molecule has 8 nitrogen and oxygen atoms in total. The first-order valence-electron chi connectivity index (χ1n) is 10.1. The monoisotopic (exact) mass is 443 g/mol. The number of likely N-dealkylation sites (N-methyl/N-ethyl adjacent to an activating group) is 1. The van der Waals surface area contributed by atoms with Crippen molar-refractivity contribution in [3.8, 4) is 5.75 Å². The summed E-state index contributed by atoms with van der Waals surface area (Å²) < 4.78 is 15.8. The van der Waals surface area contributed by atoms with E-state index in [2.05, 4.69) is 0 Å². The lowest BCUT2D eigenvalue weighted by Crippen LogP contribution is -2.46. The van der Waals surface area contributed by atoms with Crippen molar-refractivity contribution in [1.29, 1.82) is 0 Å². The minimum absolute atomic E-state index is 0.0878. The highest BCUT2D eigenvalue weighted by Crippen LogP contribution is 2.17. The summed E-state index contributed by atoms with van der Waals surface area (Å²) in [6.07, 6.45) is -0.622. The van der Waals surface area contributed by atoms with Crippen molar-refractivity contribution in [2.75, 3.05) is 13.7 Å². The van der Waals surface area contributed by atoms with Crippen LogP contribution in [0, 0.1) is 0 Å². The van der Waals surface area contributed by atoms with E-state index in [1.54, 1.807) is 45.0 Å². The fourth-order valence-electron chi connectivity index (χ4n) is 2.72. The largest absolute Gasteiger partial charge is 0.482 e. The van der Waals surface area contributed by atoms with Crippen molar-refractivity contribution in [2.24, 2.45) is 0 Å². The van der Waals surface area contributed by atoms with Gasteiger partial charge in [0.05, 0.1) is 0 Å². The predicted molar refractivity (Wildman–Crippen MR) is 117 cm³/mol. The Morgan fingerprint density at radius 3 is 2.16 bits per heavy atom. The molecule has 0 spiro atoms. The van der Waals surface area contributed by atoms with E-state index in [1.807, 2.05) is 30.3 Å². The molecule has 0 bridgehead atoms. The van der Waals surface area contributed by atoms with E-state index < -0.39 is 29.7 Å². The number of carboxylic acids is 1. The highest BCUT2D eigenvalue weighted by Gasteiger charge is 2.30. The molecule has 0 radical (unpaired) electrons. The topological polar surface area (TPSA) is 102 Å². The van der Waals surface area contributed by atoms with Crippen LogP contribution < -0.4 is 4.74 Å². The first-order valence-corrected chi connectivity index (χ1v) is 10.1. The quantitative estimate of drug-likeness (QED) is 0.590. The second kappa shape index (κ2) is 11.2. The van der Waals surface area contributed by atoms with Gasteiger partial charge in [-0.25, -0.2) is 14.4 Å². The van der Waals surface area contributed by atoms with Gasteiger partial charge in [-0.1, -0.05) is 42.5 Å². The Labute approximate surface area is 187 Å². The van der Waals surface area contributed by atoms with Crippen LogP contribution in [0.4, 0.5) is 4.79 Å². The maximum Gasteiger partial charge on any atom is 0.410 e. The smallest absolute Gasteiger partial charge is 0.410 e. The van der Waals surface area contributed by atoms with Crippen molar-refractivity contribution < 1.29 is 33.7 Å². The van der Waals surface area contributed by atoms with Crippen molar-refractivity contribution in [3.05, 3.63) is 65.7 Å². The molecule has 1 N–H and O–H groups in total. The van der Waals surface area contributed by atoms with Gasteiger partial charge < -0.3 is 19.3 Å². The number of nitrogens with zero attached hydrogens (tertiary/aromatic N) is 1. The zero-order valence-corrected chi connectivity index (χ0v) is 18.7. The van der Waals surface area contributed by atoms with Gasteiger partial charge in [0.25, 0.3) is 0 Å². The van der Waals surface area contributed by atoms with E-state index in [-0.39, 0.29) is 19.6 Å². The standard InChI is InChI=1S/C24H29NO7/c1-24(2,3)32-23(29)25(4)20(22(27)28)14-17-10-12-19(13-11-17)30-16-21(26)31-15-18-8-6-5-7-9-18/h5-13,20H,14-16H2,1-4H3,(H,27,28)/t20-/m0/s1. The van der Waals surface area contributed by atoms with Gasteiger partial charge in [0, 0.05) is 13.5 Å². The number of carbonyl (C=O) groups is 3. The number of ether oxygens (including phenoxy) is 3. The Balaban J connectivity index is 1.87. The van der Waals surface area contributed by atoms with Gasteiger partial charge >= 0.3 is 18.0 Å². The number of carboxylic acid groups (broad SMARTS) is 1. The van der Waals surface area contributed by atoms with Crippen LogP contribution in [0.15, 0.2) is 54.6 Å². The summed E-state index contributed by atoms with van der Waals surface area (Å²) in [4.78, 5) is 36.8. The second-order valence-corrected chi connectivity index (χ2v) is 8.23. The molecule has 2 rings (SSSR count). The summed E-state index contributed by atoms with van der Waals surface area (Å²) >= 11 is 0. The van der Waals surface area contributed by atoms with E-state index in [1.165, 1.54) is 7.05 Å². The average Bonchev–Trinajstić information content (AvgIpc) is 2.74. The van der Waals surface area contributed by atoms with Crippen molar-refractivity contribution >= 4 is 18.0 Å². The lowest BCUT2D eigenvalue weighted by Gasteiger charge is -2.28. The van der Waals surface area contributed by atoms with Gasteiger partial charge in [0.1, 0.15) is 24.0 Å². The molecule has 0 heterocycles. The molecule has 0 aliphatic heterocycles. The van der Waals surface area contributed by atoms with Gasteiger partial charge in [-0.3, -0.25) is 4.90 Å². The minimum Gasteiger partial charge on any atom is -0.482 e. The molecule has 1 amide bonds. The minimum atomic E-state index is -1.14. The molecular weight excluding hydrogens is 414 g/mol. The number of amides is 1. The van der Waals surface area contributed by atoms with Gasteiger partial charge in [-0.2, -0.15) is 0 Å². The molecule has 0 unspecified atom stereocenters. The summed E-state index contributed by atoms with van der Waals surface area (Å²) in [5.41, 5.74) is 0.844. The number of hydrogen-bond acceptors (Lipinski definition) is 6. The van der Waals surface area contributed by atoms with Gasteiger partial charge in [-0.05, 0) is 44.0 Å². The molecule has 0 saturated carbocycles. The number of carbonyl (C=O) groups excluding carboxylic acids is 2. The highest BCUT2D eigenvalue weighted by molar-refractivity contribution is 5.80. The number of aliphatic carboxylic acids is 1. The number of rotatable bonds is 9. The molecular formula is C24H29NO7. The van der Waals surface area contributed by atoms with Crippen LogP contribution in [0.3, 0.4) is 0 Å². The van der Waals surface area contributed by atoms with Crippen LogP contribution in [-0.2, 0) is 32.1 Å². The molecule has 172 valence electrons. The lowest BCUT2D eigenvalue weighted by molar-refractivity contribution is -0.147. The first kappa shape index (κ1) is 24.7. The third-order valence-electron chi connectivity index (χ3n) is 4.39. The van der Waals surface area contributed by atoms with E-state index in [9.17, 15) is 19.5 Å². The first-order chi connectivity index (χ1) is 15.0. The van der Waals surface area contributed by atoms with Crippen molar-refractivity contribution in [1.82, 2.24) is 4.90 Å². The fourth-order valence-corrected chi connectivity index (χ4v) is 2.72. The SMILES string of the molecule is CN(C(=O)OC(C)(C)C)[C@@H](Cc1ccc(OCC(=O)OCc2ccccc2)cc1)C(=O)O. The zero-order chi connectivity index (χ0) is 23.7. The van der Waals surface area contributed by atoms with E-state index >= 15 is 0 Å². The Morgan fingerprint density at radius 2 is 1.59 bits per heavy atom. The number of esters is 1. The van der Waals surface area contributed by atoms with E-state index in [0.29, 0.717) is 11.3 Å². The molecule has 0 saturated heterocycles. The Kier molecular flexibility index (Phi) is 8.63. The Bertz CT molecular complexity index is 904. The van der Waals surface area contributed by atoms with Gasteiger partial charge in [0.2, 0.25) is 0 Å². The molecule has 0 aromatic heterocycles. The van der Waals surface area contributed by atoms with Gasteiger partial charge in [-0.15, -0.1) is 0 Å². The fraction of sp³-hybridized carbons (Fsp3) is 0.375. The summed E-state index contributed by atoms with van der Waals surface area (Å²) in [5, 5.41) is 9.56.